The van der Waals surface area contributed by atoms with Crippen LogP contribution in [0.3, 0.4) is 0 Å². The van der Waals surface area contributed by atoms with Gasteiger partial charge in [-0.2, -0.15) is 4.57 Å². The maximum absolute atomic E-state index is 6.09. The molecule has 3 nitrogen and oxygen atoms in total. The first-order valence-electron chi connectivity index (χ1n) is 7.46. The van der Waals surface area contributed by atoms with E-state index in [2.05, 4.69) is 44.5 Å². The summed E-state index contributed by atoms with van der Waals surface area (Å²) < 4.78 is 6.72. The average molecular weight is 408 g/mol. The second kappa shape index (κ2) is 7.30. The van der Waals surface area contributed by atoms with Crippen LogP contribution in [0.1, 0.15) is 5.01 Å². The Hall–Kier alpha value is -1.66. The highest BCUT2D eigenvalue weighted by atomic mass is 35.5. The molecule has 4 aromatic rings. The number of benzene rings is 2. The first-order valence-corrected chi connectivity index (χ1v) is 9.47. The molecule has 25 heavy (non-hydrogen) atoms. The van der Waals surface area contributed by atoms with E-state index in [0.717, 1.165) is 20.3 Å². The van der Waals surface area contributed by atoms with Crippen molar-refractivity contribution in [1.29, 1.82) is 0 Å². The van der Waals surface area contributed by atoms with Gasteiger partial charge in [-0.1, -0.05) is 46.4 Å². The number of hydrogen-bond acceptors (Lipinski definition) is 3. The first-order chi connectivity index (χ1) is 11.6. The topological polar surface area (TPSA) is 21.2 Å². The molecule has 0 bridgehead atoms. The predicted molar refractivity (Wildman–Crippen MR) is 103 cm³/mol. The van der Waals surface area contributed by atoms with Crippen molar-refractivity contribution in [2.45, 2.75) is 0 Å². The lowest BCUT2D eigenvalue weighted by atomic mass is 10.3. The Morgan fingerprint density at radius 2 is 1.92 bits per heavy atom. The van der Waals surface area contributed by atoms with E-state index in [9.17, 15) is 0 Å². The number of thiazole rings is 2. The number of nitrogens with zero attached hydrogens (tertiary/aromatic N) is 3. The largest absolute Gasteiger partial charge is 1.00 e. The molecule has 0 N–H and O–H groups in total. The van der Waals surface area contributed by atoms with Crippen molar-refractivity contribution in [3.8, 4) is 0 Å². The van der Waals surface area contributed by atoms with E-state index in [-0.39, 0.29) is 12.4 Å². The molecule has 7 heteroatoms. The third-order valence-electron chi connectivity index (χ3n) is 3.94. The van der Waals surface area contributed by atoms with Crippen LogP contribution < -0.4 is 21.8 Å². The second-order valence-corrected chi connectivity index (χ2v) is 7.98. The summed E-state index contributed by atoms with van der Waals surface area (Å²) >= 11 is 9.52. The SMILES string of the molecule is Cn1c(=N/C=C/c2sc3ccc(Cl)cc3[n+]2C)sc2ccccc21.[Cl-]. The molecule has 0 aliphatic heterocycles. The van der Waals surface area contributed by atoms with Gasteiger partial charge in [0.25, 0.3) is 5.01 Å². The number of fused-ring (bicyclic) bond motifs is 2. The minimum atomic E-state index is 0. The third kappa shape index (κ3) is 3.37. The maximum Gasteiger partial charge on any atom is 0.264 e. The Labute approximate surface area is 164 Å². The Kier molecular flexibility index (Phi) is 5.29. The monoisotopic (exact) mass is 407 g/mol. The molecule has 0 unspecified atom stereocenters. The van der Waals surface area contributed by atoms with Crippen molar-refractivity contribution in [3.05, 3.63) is 63.5 Å². The quantitative estimate of drug-likeness (QED) is 0.449. The predicted octanol–water partition coefficient (Wildman–Crippen LogP) is 1.51. The van der Waals surface area contributed by atoms with Gasteiger partial charge in [-0.3, -0.25) is 0 Å². The van der Waals surface area contributed by atoms with E-state index in [1.54, 1.807) is 22.7 Å². The van der Waals surface area contributed by atoms with Crippen LogP contribution in [0.2, 0.25) is 5.02 Å². The minimum absolute atomic E-state index is 0. The summed E-state index contributed by atoms with van der Waals surface area (Å²) in [4.78, 5) is 5.62. The Morgan fingerprint density at radius 3 is 2.72 bits per heavy atom. The average Bonchev–Trinajstić information content (AvgIpc) is 3.07. The fourth-order valence-electron chi connectivity index (χ4n) is 2.65. The minimum Gasteiger partial charge on any atom is -1.00 e. The summed E-state index contributed by atoms with van der Waals surface area (Å²) in [5.74, 6) is 0. The molecule has 0 aliphatic rings. The van der Waals surface area contributed by atoms with Crippen LogP contribution in [-0.4, -0.2) is 4.57 Å². The zero-order valence-electron chi connectivity index (χ0n) is 13.6. The first kappa shape index (κ1) is 18.1. The lowest BCUT2D eigenvalue weighted by molar-refractivity contribution is -0.642. The number of rotatable bonds is 2. The molecule has 0 aliphatic carbocycles. The molecular formula is C18H15Cl2N3S2. The molecule has 0 fully saturated rings. The summed E-state index contributed by atoms with van der Waals surface area (Å²) in [6, 6.07) is 14.3. The van der Waals surface area contributed by atoms with E-state index in [0.29, 0.717) is 0 Å². The van der Waals surface area contributed by atoms with Gasteiger partial charge in [-0.05, 0) is 24.3 Å². The van der Waals surface area contributed by atoms with Crippen LogP contribution in [0, 0.1) is 0 Å². The van der Waals surface area contributed by atoms with Crippen LogP contribution in [0.15, 0.2) is 53.7 Å². The van der Waals surface area contributed by atoms with Gasteiger partial charge in [0, 0.05) is 30.4 Å². The lowest BCUT2D eigenvalue weighted by Crippen LogP contribution is -3.00. The van der Waals surface area contributed by atoms with Crippen molar-refractivity contribution >= 4 is 60.8 Å². The molecule has 0 atom stereocenters. The molecule has 2 aromatic carbocycles. The van der Waals surface area contributed by atoms with Crippen LogP contribution in [-0.2, 0) is 14.1 Å². The Morgan fingerprint density at radius 1 is 1.12 bits per heavy atom. The summed E-state index contributed by atoms with van der Waals surface area (Å²) in [5.41, 5.74) is 2.34. The van der Waals surface area contributed by atoms with Crippen molar-refractivity contribution in [2.75, 3.05) is 0 Å². The zero-order chi connectivity index (χ0) is 16.7. The summed E-state index contributed by atoms with van der Waals surface area (Å²) in [6.45, 7) is 0. The van der Waals surface area contributed by atoms with Gasteiger partial charge in [0.1, 0.15) is 11.7 Å². The van der Waals surface area contributed by atoms with Crippen LogP contribution >= 0.6 is 34.3 Å². The van der Waals surface area contributed by atoms with Gasteiger partial charge in [-0.25, -0.2) is 4.99 Å². The molecule has 0 saturated carbocycles. The van der Waals surface area contributed by atoms with Crippen molar-refractivity contribution < 1.29 is 17.0 Å². The second-order valence-electron chi connectivity index (χ2n) is 5.47. The van der Waals surface area contributed by atoms with Crippen molar-refractivity contribution in [3.63, 3.8) is 0 Å². The van der Waals surface area contributed by atoms with Gasteiger partial charge in [-0.15, -0.1) is 0 Å². The van der Waals surface area contributed by atoms with Gasteiger partial charge in [0.05, 0.1) is 10.2 Å². The smallest absolute Gasteiger partial charge is 0.264 e. The Balaban J connectivity index is 0.00000182. The number of hydrogen-bond donors (Lipinski definition) is 0. The zero-order valence-corrected chi connectivity index (χ0v) is 16.8. The summed E-state index contributed by atoms with van der Waals surface area (Å²) in [5, 5.41) is 1.90. The van der Waals surface area contributed by atoms with Crippen molar-refractivity contribution in [1.82, 2.24) is 4.57 Å². The van der Waals surface area contributed by atoms with E-state index in [1.807, 2.05) is 38.5 Å². The van der Waals surface area contributed by atoms with E-state index >= 15 is 0 Å². The van der Waals surface area contributed by atoms with Crippen LogP contribution in [0.5, 0.6) is 0 Å². The highest BCUT2D eigenvalue weighted by Crippen LogP contribution is 2.24. The number of aryl methyl sites for hydroxylation is 2. The molecule has 128 valence electrons. The molecule has 0 spiro atoms. The molecule has 0 saturated heterocycles. The summed E-state index contributed by atoms with van der Waals surface area (Å²) in [6.07, 6.45) is 3.92. The van der Waals surface area contributed by atoms with E-state index in [1.165, 1.54) is 14.9 Å². The molecule has 2 aromatic heterocycles. The molecule has 0 radical (unpaired) electrons. The van der Waals surface area contributed by atoms with Crippen LogP contribution in [0.4, 0.5) is 0 Å². The molecule has 2 heterocycles. The highest BCUT2D eigenvalue weighted by molar-refractivity contribution is 7.18. The van der Waals surface area contributed by atoms with Crippen molar-refractivity contribution in [2.24, 2.45) is 19.1 Å². The fraction of sp³-hybridized carbons (Fsp3) is 0.111. The third-order valence-corrected chi connectivity index (χ3v) is 6.49. The van der Waals surface area contributed by atoms with Gasteiger partial charge in [0.15, 0.2) is 4.80 Å². The molecule has 4 rings (SSSR count). The van der Waals surface area contributed by atoms with E-state index < -0.39 is 0 Å². The maximum atomic E-state index is 6.09. The Bertz CT molecular complexity index is 1150. The fourth-order valence-corrected chi connectivity index (χ4v) is 4.85. The number of halogens is 2. The molecule has 0 amide bonds. The standard InChI is InChI=1S/C18H15ClN3S2.ClH/c1-21-14-11-12(19)7-8-16(14)23-17(21)9-10-20-18-22(2)13-5-3-4-6-15(13)24-18;/h3-11H,1-2H3;1H/q+1;/p-1. The number of aromatic nitrogens is 2. The summed E-state index contributed by atoms with van der Waals surface area (Å²) in [7, 11) is 4.10. The van der Waals surface area contributed by atoms with E-state index in [4.69, 9.17) is 11.6 Å². The lowest BCUT2D eigenvalue weighted by Gasteiger charge is -1.92. The number of para-hydroxylation sites is 1. The van der Waals surface area contributed by atoms with Gasteiger partial charge < -0.3 is 17.0 Å². The normalized spacial score (nSPS) is 12.4. The van der Waals surface area contributed by atoms with Crippen LogP contribution in [0.25, 0.3) is 26.5 Å². The van der Waals surface area contributed by atoms with Gasteiger partial charge in [0.2, 0.25) is 5.52 Å². The van der Waals surface area contributed by atoms with Gasteiger partial charge >= 0.3 is 0 Å². The highest BCUT2D eigenvalue weighted by Gasteiger charge is 2.14. The molecular weight excluding hydrogens is 393 g/mol.